The summed E-state index contributed by atoms with van der Waals surface area (Å²) in [6, 6.07) is 11.8. The van der Waals surface area contributed by atoms with Crippen LogP contribution in [0, 0.1) is 5.95 Å². The number of hydrogen-bond acceptors (Lipinski definition) is 7. The number of ether oxygens (including phenoxy) is 2. The lowest BCUT2D eigenvalue weighted by Gasteiger charge is -2.27. The molecule has 1 N–H and O–H groups in total. The van der Waals surface area contributed by atoms with E-state index in [9.17, 15) is 22.8 Å². The molecule has 0 fully saturated rings. The average molecular weight is 613 g/mol. The van der Waals surface area contributed by atoms with Crippen molar-refractivity contribution in [2.45, 2.75) is 52.2 Å². The minimum Gasteiger partial charge on any atom is -0.444 e. The van der Waals surface area contributed by atoms with Gasteiger partial charge in [0.15, 0.2) is 5.13 Å². The van der Waals surface area contributed by atoms with Crippen LogP contribution in [0.5, 0.6) is 0 Å². The number of alkyl halides is 2. The van der Waals surface area contributed by atoms with Gasteiger partial charge in [-0.15, -0.1) is 0 Å². The Hall–Kier alpha value is -4.45. The topological polar surface area (TPSA) is 93.7 Å². The maximum Gasteiger partial charge on any atom is 0.421 e. The van der Waals surface area contributed by atoms with E-state index in [0.717, 1.165) is 10.9 Å². The molecule has 0 bridgehead atoms. The third-order valence-corrected chi connectivity index (χ3v) is 7.09. The number of nitrogens with one attached hydrogen (secondary N) is 1. The van der Waals surface area contributed by atoms with Gasteiger partial charge in [0.25, 0.3) is 6.43 Å². The summed E-state index contributed by atoms with van der Waals surface area (Å²) in [6.07, 6.45) is -0.895. The van der Waals surface area contributed by atoms with Crippen LogP contribution in [-0.4, -0.2) is 40.3 Å². The monoisotopic (exact) mass is 612 g/mol. The van der Waals surface area contributed by atoms with Crippen LogP contribution in [0.2, 0.25) is 0 Å². The molecule has 0 spiro atoms. The Morgan fingerprint density at radius 3 is 2.42 bits per heavy atom. The van der Waals surface area contributed by atoms with Gasteiger partial charge in [0.1, 0.15) is 5.60 Å². The first-order chi connectivity index (χ1) is 20.3. The Labute approximate surface area is 251 Å². The van der Waals surface area contributed by atoms with E-state index in [-0.39, 0.29) is 29.4 Å². The number of pyridine rings is 1. The Bertz CT molecular complexity index is 1620. The highest BCUT2D eigenvalue weighted by Crippen LogP contribution is 2.33. The number of amides is 2. The first-order valence-corrected chi connectivity index (χ1v) is 14.1. The lowest BCUT2D eigenvalue weighted by atomic mass is 10.0. The largest absolute Gasteiger partial charge is 0.444 e. The van der Waals surface area contributed by atoms with Crippen LogP contribution in [0.4, 0.5) is 27.9 Å². The van der Waals surface area contributed by atoms with Crippen LogP contribution < -0.4 is 10.2 Å². The Morgan fingerprint density at radius 2 is 1.77 bits per heavy atom. The number of alkyl carbamates (subject to hydrolysis) is 1. The number of carbonyl (C=O) groups excluding carboxylic acids is 2. The maximum atomic E-state index is 13.7. The highest BCUT2D eigenvalue weighted by molar-refractivity contribution is 7.19. The second-order valence-corrected chi connectivity index (χ2v) is 11.9. The Kier molecular flexibility index (Phi) is 9.70. The van der Waals surface area contributed by atoms with Gasteiger partial charge < -0.3 is 14.8 Å². The van der Waals surface area contributed by atoms with Crippen molar-refractivity contribution in [1.29, 1.82) is 0 Å². The highest BCUT2D eigenvalue weighted by Gasteiger charge is 2.28. The number of anilines is 1. The number of allylic oxidation sites excluding steroid dienone is 1. The molecule has 4 rings (SSSR count). The fourth-order valence-electron chi connectivity index (χ4n) is 4.16. The van der Waals surface area contributed by atoms with E-state index in [1.54, 1.807) is 45.2 Å². The number of hydrogen-bond donors (Lipinski definition) is 1. The summed E-state index contributed by atoms with van der Waals surface area (Å²) in [5.74, 6) is -0.452. The summed E-state index contributed by atoms with van der Waals surface area (Å²) in [5.41, 5.74) is 0.485. The van der Waals surface area contributed by atoms with Crippen molar-refractivity contribution in [3.05, 3.63) is 90.3 Å². The minimum atomic E-state index is -2.62. The summed E-state index contributed by atoms with van der Waals surface area (Å²) in [5, 5.41) is 4.47. The molecule has 12 heteroatoms. The Morgan fingerprint density at radius 1 is 1.05 bits per heavy atom. The zero-order chi connectivity index (χ0) is 31.3. The third-order valence-electron chi connectivity index (χ3n) is 6.02. The van der Waals surface area contributed by atoms with Crippen LogP contribution in [0.25, 0.3) is 21.2 Å². The molecule has 0 aliphatic heterocycles. The molecule has 0 aliphatic rings. The van der Waals surface area contributed by atoms with Gasteiger partial charge in [-0.05, 0) is 56.7 Å². The van der Waals surface area contributed by atoms with E-state index in [4.69, 9.17) is 9.47 Å². The van der Waals surface area contributed by atoms with E-state index in [0.29, 0.717) is 15.8 Å². The zero-order valence-corrected chi connectivity index (χ0v) is 24.9. The van der Waals surface area contributed by atoms with Crippen molar-refractivity contribution < 1.29 is 32.2 Å². The SMILES string of the molecule is C=C(C)OC(=O)N(C[C@H](Cc1ccc(C(F)F)cc1)NC(=O)OC(C)(C)C)c1ncc(-c2ccc3cnc(F)cc3c2)s1. The first-order valence-electron chi connectivity index (χ1n) is 13.3. The smallest absolute Gasteiger partial charge is 0.421 e. The Balaban J connectivity index is 1.65. The van der Waals surface area contributed by atoms with Crippen LogP contribution in [0.1, 0.15) is 45.2 Å². The fourth-order valence-corrected chi connectivity index (χ4v) is 5.08. The third kappa shape index (κ3) is 8.77. The second kappa shape index (κ2) is 13.2. The van der Waals surface area contributed by atoms with Gasteiger partial charge >= 0.3 is 12.2 Å². The predicted molar refractivity (Wildman–Crippen MR) is 160 cm³/mol. The predicted octanol–water partition coefficient (Wildman–Crippen LogP) is 8.05. The van der Waals surface area contributed by atoms with Crippen molar-refractivity contribution in [2.75, 3.05) is 11.4 Å². The number of benzene rings is 2. The van der Waals surface area contributed by atoms with Crippen LogP contribution in [-0.2, 0) is 15.9 Å². The molecule has 1 atom stereocenters. The van der Waals surface area contributed by atoms with Gasteiger partial charge in [0.2, 0.25) is 5.95 Å². The molecule has 0 saturated heterocycles. The van der Waals surface area contributed by atoms with E-state index in [1.807, 2.05) is 12.1 Å². The lowest BCUT2D eigenvalue weighted by molar-refractivity contribution is 0.0504. The van der Waals surface area contributed by atoms with Gasteiger partial charge in [-0.2, -0.15) is 4.39 Å². The molecular formula is C31H31F3N4O4S. The molecule has 226 valence electrons. The highest BCUT2D eigenvalue weighted by atomic mass is 32.1. The fraction of sp³-hybridized carbons (Fsp3) is 0.290. The van der Waals surface area contributed by atoms with Crippen LogP contribution in [0.15, 0.2) is 73.3 Å². The van der Waals surface area contributed by atoms with E-state index < -0.39 is 36.2 Å². The van der Waals surface area contributed by atoms with Crippen molar-refractivity contribution in [2.24, 2.45) is 0 Å². The summed E-state index contributed by atoms with van der Waals surface area (Å²) in [4.78, 5) is 36.1. The molecule has 0 saturated carbocycles. The second-order valence-electron chi connectivity index (χ2n) is 10.8. The molecule has 2 amide bonds. The van der Waals surface area contributed by atoms with Crippen molar-refractivity contribution in [1.82, 2.24) is 15.3 Å². The number of thiazole rings is 1. The molecule has 8 nitrogen and oxygen atoms in total. The lowest BCUT2D eigenvalue weighted by Crippen LogP contribution is -2.48. The molecule has 2 aromatic carbocycles. The van der Waals surface area contributed by atoms with Crippen LogP contribution >= 0.6 is 11.3 Å². The van der Waals surface area contributed by atoms with Crippen molar-refractivity contribution >= 4 is 39.4 Å². The van der Waals surface area contributed by atoms with E-state index in [2.05, 4.69) is 21.9 Å². The molecule has 0 radical (unpaired) electrons. The van der Waals surface area contributed by atoms with Crippen molar-refractivity contribution in [3.8, 4) is 10.4 Å². The van der Waals surface area contributed by atoms with Gasteiger partial charge in [0.05, 0.1) is 23.2 Å². The molecule has 4 aromatic rings. The van der Waals surface area contributed by atoms with Gasteiger partial charge in [-0.1, -0.05) is 54.3 Å². The number of rotatable bonds is 9. The standard InChI is InChI=1S/C31H31F3N4O4S/c1-18(2)41-30(40)38(28-36-16-25(43-28)21-10-11-22-15-35-26(32)14-23(22)13-21)17-24(37-29(39)42-31(3,4)5)12-19-6-8-20(9-7-19)27(33)34/h6-11,13-16,24,27H,1,12,17H2,2-5H3,(H,37,39)/t24-/m0/s1. The number of halogens is 3. The molecular weight excluding hydrogens is 581 g/mol. The quantitative estimate of drug-likeness (QED) is 0.152. The van der Waals surface area contributed by atoms with Crippen LogP contribution in [0.3, 0.4) is 0 Å². The van der Waals surface area contributed by atoms with Gasteiger partial charge in [-0.3, -0.25) is 4.90 Å². The maximum absolute atomic E-state index is 13.7. The summed E-state index contributed by atoms with van der Waals surface area (Å²) in [6.45, 7) is 10.2. The number of nitrogens with zero attached hydrogens (tertiary/aromatic N) is 3. The number of fused-ring (bicyclic) bond motifs is 1. The summed E-state index contributed by atoms with van der Waals surface area (Å²) < 4.78 is 50.7. The molecule has 0 unspecified atom stereocenters. The number of aromatic nitrogens is 2. The molecule has 2 aromatic heterocycles. The molecule has 43 heavy (non-hydrogen) atoms. The van der Waals surface area contributed by atoms with Crippen molar-refractivity contribution in [3.63, 3.8) is 0 Å². The average Bonchev–Trinajstić information content (AvgIpc) is 3.40. The molecule has 2 heterocycles. The minimum absolute atomic E-state index is 0.0937. The summed E-state index contributed by atoms with van der Waals surface area (Å²) >= 11 is 1.19. The number of carbonyl (C=O) groups is 2. The molecule has 0 aliphatic carbocycles. The van der Waals surface area contributed by atoms with E-state index >= 15 is 0 Å². The zero-order valence-electron chi connectivity index (χ0n) is 24.1. The summed E-state index contributed by atoms with van der Waals surface area (Å²) in [7, 11) is 0. The van der Waals surface area contributed by atoms with Gasteiger partial charge in [-0.25, -0.2) is 28.3 Å². The normalized spacial score (nSPS) is 12.2. The van der Waals surface area contributed by atoms with E-state index in [1.165, 1.54) is 47.6 Å². The van der Waals surface area contributed by atoms with Gasteiger partial charge in [0, 0.05) is 29.4 Å². The first kappa shape index (κ1) is 31.5.